The summed E-state index contributed by atoms with van der Waals surface area (Å²) in [5.74, 6) is 0.660. The summed E-state index contributed by atoms with van der Waals surface area (Å²) < 4.78 is 17.5. The van der Waals surface area contributed by atoms with Crippen molar-refractivity contribution in [1.29, 1.82) is 0 Å². The summed E-state index contributed by atoms with van der Waals surface area (Å²) in [5, 5.41) is 7.66. The van der Waals surface area contributed by atoms with Crippen LogP contribution in [-0.2, 0) is 9.53 Å². The minimum atomic E-state index is -0.376. The van der Waals surface area contributed by atoms with Crippen LogP contribution in [0, 0.1) is 0 Å². The van der Waals surface area contributed by atoms with E-state index in [0.717, 1.165) is 11.3 Å². The van der Waals surface area contributed by atoms with E-state index in [2.05, 4.69) is 5.32 Å². The molecule has 196 valence electrons. The second kappa shape index (κ2) is 12.6. The molecule has 0 aliphatic carbocycles. The van der Waals surface area contributed by atoms with Crippen LogP contribution >= 0.6 is 0 Å². The van der Waals surface area contributed by atoms with Gasteiger partial charge in [-0.05, 0) is 24.3 Å². The van der Waals surface area contributed by atoms with Crippen LogP contribution in [0.25, 0.3) is 16.9 Å². The van der Waals surface area contributed by atoms with Gasteiger partial charge in [0.25, 0.3) is 5.91 Å². The second-order valence-electron chi connectivity index (χ2n) is 8.36. The number of carbonyl (C=O) groups is 2. The Kier molecular flexibility index (Phi) is 8.73. The molecule has 0 spiro atoms. The lowest BCUT2D eigenvalue weighted by Crippen LogP contribution is -2.40. The zero-order valence-corrected chi connectivity index (χ0v) is 21.6. The first kappa shape index (κ1) is 26.4. The van der Waals surface area contributed by atoms with Crippen molar-refractivity contribution in [3.05, 3.63) is 90.5 Å². The van der Waals surface area contributed by atoms with Crippen molar-refractivity contribution < 1.29 is 23.8 Å². The van der Waals surface area contributed by atoms with Crippen molar-refractivity contribution >= 4 is 17.6 Å². The van der Waals surface area contributed by atoms with Gasteiger partial charge >= 0.3 is 0 Å². The van der Waals surface area contributed by atoms with Crippen LogP contribution in [0.2, 0.25) is 0 Å². The zero-order chi connectivity index (χ0) is 26.9. The number of amides is 2. The van der Waals surface area contributed by atoms with Gasteiger partial charge in [-0.3, -0.25) is 9.59 Å². The first-order chi connectivity index (χ1) is 18.5. The fourth-order valence-electron chi connectivity index (χ4n) is 3.94. The van der Waals surface area contributed by atoms with Gasteiger partial charge in [-0.2, -0.15) is 5.10 Å². The Morgan fingerprint density at radius 1 is 0.895 bits per heavy atom. The molecule has 0 bridgehead atoms. The van der Waals surface area contributed by atoms with Gasteiger partial charge in [0, 0.05) is 31.4 Å². The van der Waals surface area contributed by atoms with Crippen LogP contribution in [0.1, 0.15) is 10.4 Å². The lowest BCUT2D eigenvalue weighted by molar-refractivity contribution is -0.117. The monoisotopic (exact) mass is 514 g/mol. The standard InChI is InChI=1S/C29H30N4O5/c1-36-17-16-32(29(35)24-15-14-23(37-2)18-26(24)38-3)20-28(34)30-27-19-25(21-10-6-4-7-11-21)31-33(27)22-12-8-5-9-13-22/h4-15,18-19H,16-17,20H2,1-3H3,(H,30,34). The summed E-state index contributed by atoms with van der Waals surface area (Å²) in [7, 11) is 4.56. The number of hydrogen-bond acceptors (Lipinski definition) is 6. The van der Waals surface area contributed by atoms with E-state index < -0.39 is 0 Å². The van der Waals surface area contributed by atoms with Gasteiger partial charge < -0.3 is 24.4 Å². The van der Waals surface area contributed by atoms with Crippen LogP contribution in [0.4, 0.5) is 5.82 Å². The predicted octanol–water partition coefficient (Wildman–Crippen LogP) is 4.28. The smallest absolute Gasteiger partial charge is 0.258 e. The van der Waals surface area contributed by atoms with E-state index in [1.165, 1.54) is 19.1 Å². The maximum Gasteiger partial charge on any atom is 0.258 e. The topological polar surface area (TPSA) is 94.9 Å². The molecule has 9 nitrogen and oxygen atoms in total. The SMILES string of the molecule is COCCN(CC(=O)Nc1cc(-c2ccccc2)nn1-c1ccccc1)C(=O)c1ccc(OC)cc1OC. The van der Waals surface area contributed by atoms with Crippen molar-refractivity contribution in [2.75, 3.05) is 46.3 Å². The van der Waals surface area contributed by atoms with E-state index in [1.807, 2.05) is 66.7 Å². The molecular weight excluding hydrogens is 484 g/mol. The number of aromatic nitrogens is 2. The fourth-order valence-corrected chi connectivity index (χ4v) is 3.94. The number of ether oxygens (including phenoxy) is 3. The Morgan fingerprint density at radius 3 is 2.26 bits per heavy atom. The third-order valence-corrected chi connectivity index (χ3v) is 5.87. The quantitative estimate of drug-likeness (QED) is 0.321. The Bertz CT molecular complexity index is 1370. The average molecular weight is 515 g/mol. The summed E-state index contributed by atoms with van der Waals surface area (Å²) in [6.07, 6.45) is 0. The number of carbonyl (C=O) groups excluding carboxylic acids is 2. The second-order valence-corrected chi connectivity index (χ2v) is 8.36. The summed E-state index contributed by atoms with van der Waals surface area (Å²) in [6.45, 7) is 0.279. The van der Waals surface area contributed by atoms with Gasteiger partial charge in [0.2, 0.25) is 5.91 Å². The van der Waals surface area contributed by atoms with E-state index in [1.54, 1.807) is 30.0 Å². The molecule has 4 rings (SSSR count). The van der Waals surface area contributed by atoms with Crippen molar-refractivity contribution in [3.63, 3.8) is 0 Å². The third-order valence-electron chi connectivity index (χ3n) is 5.87. The van der Waals surface area contributed by atoms with E-state index in [0.29, 0.717) is 28.6 Å². The lowest BCUT2D eigenvalue weighted by Gasteiger charge is -2.23. The molecule has 0 aliphatic rings. The van der Waals surface area contributed by atoms with Crippen LogP contribution in [0.15, 0.2) is 84.9 Å². The Labute approximate surface area is 221 Å². The third kappa shape index (κ3) is 6.19. The van der Waals surface area contributed by atoms with E-state index in [9.17, 15) is 9.59 Å². The molecule has 1 heterocycles. The molecule has 3 aromatic carbocycles. The molecule has 0 unspecified atom stereocenters. The highest BCUT2D eigenvalue weighted by molar-refractivity contribution is 6.01. The number of nitrogens with one attached hydrogen (secondary N) is 1. The van der Waals surface area contributed by atoms with E-state index in [-0.39, 0.29) is 31.5 Å². The number of benzene rings is 3. The van der Waals surface area contributed by atoms with Crippen LogP contribution < -0.4 is 14.8 Å². The van der Waals surface area contributed by atoms with Crippen LogP contribution in [0.5, 0.6) is 11.5 Å². The van der Waals surface area contributed by atoms with Crippen LogP contribution in [0.3, 0.4) is 0 Å². The number of anilines is 1. The normalized spacial score (nSPS) is 10.6. The van der Waals surface area contributed by atoms with E-state index >= 15 is 0 Å². The highest BCUT2D eigenvalue weighted by Gasteiger charge is 2.23. The van der Waals surface area contributed by atoms with Gasteiger partial charge in [-0.15, -0.1) is 0 Å². The largest absolute Gasteiger partial charge is 0.497 e. The molecule has 0 atom stereocenters. The van der Waals surface area contributed by atoms with Gasteiger partial charge in [-0.25, -0.2) is 4.68 Å². The van der Waals surface area contributed by atoms with Crippen molar-refractivity contribution in [2.45, 2.75) is 0 Å². The summed E-state index contributed by atoms with van der Waals surface area (Å²) >= 11 is 0. The minimum absolute atomic E-state index is 0.196. The molecule has 0 saturated heterocycles. The van der Waals surface area contributed by atoms with Crippen molar-refractivity contribution in [1.82, 2.24) is 14.7 Å². The number of methoxy groups -OCH3 is 3. The maximum atomic E-state index is 13.4. The fraction of sp³-hybridized carbons (Fsp3) is 0.207. The van der Waals surface area contributed by atoms with Crippen molar-refractivity contribution in [2.24, 2.45) is 0 Å². The molecule has 38 heavy (non-hydrogen) atoms. The highest BCUT2D eigenvalue weighted by atomic mass is 16.5. The molecule has 1 aromatic heterocycles. The van der Waals surface area contributed by atoms with Gasteiger partial charge in [0.05, 0.1) is 37.8 Å². The summed E-state index contributed by atoms with van der Waals surface area (Å²) in [6, 6.07) is 26.0. The molecule has 0 aliphatic heterocycles. The van der Waals surface area contributed by atoms with E-state index in [4.69, 9.17) is 19.3 Å². The number of nitrogens with zero attached hydrogens (tertiary/aromatic N) is 3. The molecule has 0 radical (unpaired) electrons. The Morgan fingerprint density at radius 2 is 1.61 bits per heavy atom. The summed E-state index contributed by atoms with van der Waals surface area (Å²) in [5.41, 5.74) is 2.74. The highest BCUT2D eigenvalue weighted by Crippen LogP contribution is 2.27. The van der Waals surface area contributed by atoms with Gasteiger partial charge in [0.1, 0.15) is 23.9 Å². The van der Waals surface area contributed by atoms with Crippen molar-refractivity contribution in [3.8, 4) is 28.4 Å². The number of hydrogen-bond donors (Lipinski definition) is 1. The molecule has 4 aromatic rings. The van der Waals surface area contributed by atoms with Crippen LogP contribution in [-0.4, -0.2) is 67.5 Å². The Balaban J connectivity index is 1.60. The molecule has 1 N–H and O–H groups in total. The molecule has 9 heteroatoms. The average Bonchev–Trinajstić information content (AvgIpc) is 3.39. The zero-order valence-electron chi connectivity index (χ0n) is 21.6. The van der Waals surface area contributed by atoms with Gasteiger partial charge in [-0.1, -0.05) is 48.5 Å². The number of rotatable bonds is 11. The Hall–Kier alpha value is -4.63. The molecule has 0 saturated carbocycles. The molecule has 2 amide bonds. The molecule has 0 fully saturated rings. The van der Waals surface area contributed by atoms with Gasteiger partial charge in [0.15, 0.2) is 0 Å². The summed E-state index contributed by atoms with van der Waals surface area (Å²) in [4.78, 5) is 28.1. The maximum absolute atomic E-state index is 13.4. The predicted molar refractivity (Wildman–Crippen MR) is 145 cm³/mol. The number of para-hydroxylation sites is 1. The first-order valence-electron chi connectivity index (χ1n) is 12.0. The lowest BCUT2D eigenvalue weighted by atomic mass is 10.1. The minimum Gasteiger partial charge on any atom is -0.497 e. The first-order valence-corrected chi connectivity index (χ1v) is 12.0. The molecular formula is C29H30N4O5.